The second kappa shape index (κ2) is 11.4. The number of nitrogens with one attached hydrogen (secondary N) is 1. The number of ether oxygens (including phenoxy) is 1. The molecule has 3 rings (SSSR count). The van der Waals surface area contributed by atoms with E-state index >= 15 is 0 Å². The van der Waals surface area contributed by atoms with Gasteiger partial charge in [-0.2, -0.15) is 0 Å². The Labute approximate surface area is 205 Å². The summed E-state index contributed by atoms with van der Waals surface area (Å²) in [7, 11) is 0. The molecule has 33 heavy (non-hydrogen) atoms. The van der Waals surface area contributed by atoms with Gasteiger partial charge in [-0.25, -0.2) is 9.48 Å². The zero-order valence-electron chi connectivity index (χ0n) is 17.7. The van der Waals surface area contributed by atoms with Gasteiger partial charge in [0.15, 0.2) is 5.82 Å². The predicted octanol–water partition coefficient (Wildman–Crippen LogP) is 3.59. The average Bonchev–Trinajstić information content (AvgIpc) is 3.06. The summed E-state index contributed by atoms with van der Waals surface area (Å²) >= 11 is 18.2. The first kappa shape index (κ1) is 24.8. The maximum absolute atomic E-state index is 12.9. The molecule has 0 radical (unpaired) electrons. The van der Waals surface area contributed by atoms with Crippen molar-refractivity contribution in [2.45, 2.75) is 26.4 Å². The molecule has 0 aliphatic heterocycles. The smallest absolute Gasteiger partial charge is 0.347 e. The second-order valence-electron chi connectivity index (χ2n) is 6.96. The molecule has 3 aromatic rings. The minimum Gasteiger partial charge on any atom is -0.465 e. The van der Waals surface area contributed by atoms with E-state index < -0.39 is 17.6 Å². The van der Waals surface area contributed by atoms with Crippen LogP contribution in [0.25, 0.3) is 11.4 Å². The van der Waals surface area contributed by atoms with Gasteiger partial charge in [-0.1, -0.05) is 40.9 Å². The predicted molar refractivity (Wildman–Crippen MR) is 127 cm³/mol. The Kier molecular flexibility index (Phi) is 8.55. The summed E-state index contributed by atoms with van der Waals surface area (Å²) in [6, 6.07) is 11.8. The summed E-state index contributed by atoms with van der Waals surface area (Å²) in [6.07, 6.45) is 0.423. The third kappa shape index (κ3) is 6.37. The van der Waals surface area contributed by atoms with Crippen LogP contribution < -0.4 is 11.0 Å². The quantitative estimate of drug-likeness (QED) is 0.443. The number of esters is 1. The van der Waals surface area contributed by atoms with E-state index in [0.717, 1.165) is 14.8 Å². The zero-order valence-corrected chi connectivity index (χ0v) is 20.0. The van der Waals surface area contributed by atoms with Crippen molar-refractivity contribution in [1.82, 2.24) is 19.7 Å². The number of carbonyl (C=O) groups excluding carboxylic acids is 2. The number of benzene rings is 2. The van der Waals surface area contributed by atoms with Gasteiger partial charge in [0.25, 0.3) is 0 Å². The van der Waals surface area contributed by atoms with E-state index in [1.54, 1.807) is 49.4 Å². The fourth-order valence-corrected chi connectivity index (χ4v) is 3.84. The molecule has 174 valence electrons. The first-order chi connectivity index (χ1) is 15.8. The Hall–Kier alpha value is -2.81. The highest BCUT2D eigenvalue weighted by molar-refractivity contribution is 6.36. The number of amides is 1. The first-order valence-electron chi connectivity index (χ1n) is 10.1. The molecule has 0 unspecified atom stereocenters. The summed E-state index contributed by atoms with van der Waals surface area (Å²) in [5.74, 6) is -0.792. The topological polar surface area (TPSA) is 95.2 Å². The van der Waals surface area contributed by atoms with Crippen LogP contribution in [0.4, 0.5) is 0 Å². The normalized spacial score (nSPS) is 10.8. The minimum atomic E-state index is -0.614. The maximum atomic E-state index is 12.9. The molecule has 1 amide bonds. The SMILES string of the molecule is CCOC(=O)Cn1c(-c2ccc(Cl)cc2)nn(CC(=O)NCCc2c(Cl)cccc2Cl)c1=O. The van der Waals surface area contributed by atoms with Crippen molar-refractivity contribution >= 4 is 46.7 Å². The van der Waals surface area contributed by atoms with Crippen molar-refractivity contribution < 1.29 is 14.3 Å². The van der Waals surface area contributed by atoms with Gasteiger partial charge in [0.1, 0.15) is 13.1 Å². The molecule has 8 nitrogen and oxygen atoms in total. The Morgan fingerprint density at radius 1 is 1.03 bits per heavy atom. The molecule has 1 N–H and O–H groups in total. The van der Waals surface area contributed by atoms with Crippen molar-refractivity contribution in [2.75, 3.05) is 13.2 Å². The Morgan fingerprint density at radius 2 is 1.70 bits per heavy atom. The molecule has 0 saturated carbocycles. The standard InChI is InChI=1S/C22H21Cl3N4O4/c1-2-33-20(31)13-28-21(14-6-8-15(23)9-7-14)27-29(22(28)32)12-19(30)26-11-10-16-17(24)4-3-5-18(16)25/h3-9H,2,10-13H2,1H3,(H,26,30). The summed E-state index contributed by atoms with van der Waals surface area (Å²) in [5, 5.41) is 8.53. The number of nitrogens with zero attached hydrogens (tertiary/aromatic N) is 3. The number of hydrogen-bond acceptors (Lipinski definition) is 5. The van der Waals surface area contributed by atoms with E-state index in [0.29, 0.717) is 27.1 Å². The molecule has 1 heterocycles. The summed E-state index contributed by atoms with van der Waals surface area (Å²) in [4.78, 5) is 37.4. The number of halogens is 3. The van der Waals surface area contributed by atoms with E-state index in [-0.39, 0.29) is 32.1 Å². The monoisotopic (exact) mass is 510 g/mol. The lowest BCUT2D eigenvalue weighted by atomic mass is 10.1. The van der Waals surface area contributed by atoms with Gasteiger partial charge in [0.2, 0.25) is 5.91 Å². The van der Waals surface area contributed by atoms with Gasteiger partial charge < -0.3 is 10.1 Å². The lowest BCUT2D eigenvalue weighted by molar-refractivity contribution is -0.143. The molecule has 2 aromatic carbocycles. The van der Waals surface area contributed by atoms with Crippen LogP contribution in [0.2, 0.25) is 15.1 Å². The van der Waals surface area contributed by atoms with Gasteiger partial charge in [0.05, 0.1) is 6.61 Å². The molecule has 0 fully saturated rings. The highest BCUT2D eigenvalue weighted by Crippen LogP contribution is 2.24. The first-order valence-corrected chi connectivity index (χ1v) is 11.2. The lowest BCUT2D eigenvalue weighted by Gasteiger charge is -2.08. The number of aromatic nitrogens is 3. The van der Waals surface area contributed by atoms with Crippen LogP contribution >= 0.6 is 34.8 Å². The van der Waals surface area contributed by atoms with Gasteiger partial charge >= 0.3 is 11.7 Å². The Bertz CT molecular complexity index is 1190. The molecule has 11 heteroatoms. The van der Waals surface area contributed by atoms with Crippen molar-refractivity contribution in [3.05, 3.63) is 73.6 Å². The summed E-state index contributed by atoms with van der Waals surface area (Å²) in [5.41, 5.74) is 0.674. The molecule has 0 aliphatic rings. The van der Waals surface area contributed by atoms with E-state index in [1.807, 2.05) is 0 Å². The molecular weight excluding hydrogens is 491 g/mol. The highest BCUT2D eigenvalue weighted by atomic mass is 35.5. The van der Waals surface area contributed by atoms with Crippen LogP contribution in [0.5, 0.6) is 0 Å². The van der Waals surface area contributed by atoms with Gasteiger partial charge in [0, 0.05) is 27.2 Å². The fourth-order valence-electron chi connectivity index (χ4n) is 3.12. The Balaban J connectivity index is 1.76. The number of carbonyl (C=O) groups is 2. The fraction of sp³-hybridized carbons (Fsp3) is 0.273. The van der Waals surface area contributed by atoms with Crippen molar-refractivity contribution in [1.29, 1.82) is 0 Å². The van der Waals surface area contributed by atoms with Crippen molar-refractivity contribution in [2.24, 2.45) is 0 Å². The Morgan fingerprint density at radius 3 is 2.33 bits per heavy atom. The molecule has 1 aromatic heterocycles. The average molecular weight is 512 g/mol. The van der Waals surface area contributed by atoms with Crippen LogP contribution in [0.15, 0.2) is 47.3 Å². The lowest BCUT2D eigenvalue weighted by Crippen LogP contribution is -2.35. The minimum absolute atomic E-state index is 0.176. The van der Waals surface area contributed by atoms with E-state index in [1.165, 1.54) is 0 Å². The van der Waals surface area contributed by atoms with Crippen LogP contribution in [0.3, 0.4) is 0 Å². The van der Waals surface area contributed by atoms with E-state index in [2.05, 4.69) is 10.4 Å². The molecule has 0 spiro atoms. The summed E-state index contributed by atoms with van der Waals surface area (Å²) < 4.78 is 7.12. The van der Waals surface area contributed by atoms with Gasteiger partial charge in [-0.15, -0.1) is 5.10 Å². The van der Waals surface area contributed by atoms with Crippen molar-refractivity contribution in [3.63, 3.8) is 0 Å². The molecular formula is C22H21Cl3N4O4. The van der Waals surface area contributed by atoms with Gasteiger partial charge in [-0.3, -0.25) is 14.2 Å². The molecule has 0 atom stereocenters. The van der Waals surface area contributed by atoms with Crippen molar-refractivity contribution in [3.8, 4) is 11.4 Å². The largest absolute Gasteiger partial charge is 0.465 e. The van der Waals surface area contributed by atoms with E-state index in [4.69, 9.17) is 39.5 Å². The maximum Gasteiger partial charge on any atom is 0.347 e. The summed E-state index contributed by atoms with van der Waals surface area (Å²) in [6.45, 7) is 1.45. The third-order valence-corrected chi connectivity index (χ3v) is 5.63. The third-order valence-electron chi connectivity index (χ3n) is 4.67. The van der Waals surface area contributed by atoms with Gasteiger partial charge in [-0.05, 0) is 55.3 Å². The zero-order chi connectivity index (χ0) is 24.0. The van der Waals surface area contributed by atoms with E-state index in [9.17, 15) is 14.4 Å². The molecule has 0 bridgehead atoms. The number of hydrogen-bond donors (Lipinski definition) is 1. The number of rotatable bonds is 9. The molecule has 0 saturated heterocycles. The van der Waals surface area contributed by atoms with Crippen LogP contribution in [-0.4, -0.2) is 39.4 Å². The van der Waals surface area contributed by atoms with Crippen LogP contribution in [-0.2, 0) is 33.8 Å². The molecule has 0 aliphatic carbocycles. The highest BCUT2D eigenvalue weighted by Gasteiger charge is 2.19. The van der Waals surface area contributed by atoms with Crippen LogP contribution in [0.1, 0.15) is 12.5 Å². The van der Waals surface area contributed by atoms with Crippen LogP contribution in [0, 0.1) is 0 Å². The second-order valence-corrected chi connectivity index (χ2v) is 8.21.